The number of unbranched alkanes of at least 4 members (excludes halogenated alkanes) is 1. The molecule has 0 aliphatic carbocycles. The third-order valence-corrected chi connectivity index (χ3v) is 8.67. The molecule has 1 fully saturated rings. The molecule has 0 spiro atoms. The Hall–Kier alpha value is -2.89. The van der Waals surface area contributed by atoms with Crippen LogP contribution in [0, 0.1) is 0 Å². The van der Waals surface area contributed by atoms with Crippen LogP contribution in [0.5, 0.6) is 0 Å². The maximum atomic E-state index is 13.0. The summed E-state index contributed by atoms with van der Waals surface area (Å²) in [5.74, 6) is -1.32. The molecule has 1 aliphatic heterocycles. The van der Waals surface area contributed by atoms with Crippen LogP contribution in [-0.2, 0) is 30.6 Å². The number of anilines is 1. The van der Waals surface area contributed by atoms with Crippen molar-refractivity contribution in [2.24, 2.45) is 0 Å². The molecule has 3 N–H and O–H groups in total. The lowest BCUT2D eigenvalue weighted by atomic mass is 10.1. The van der Waals surface area contributed by atoms with Crippen molar-refractivity contribution in [3.05, 3.63) is 59.7 Å². The van der Waals surface area contributed by atoms with Gasteiger partial charge in [-0.2, -0.15) is 0 Å². The van der Waals surface area contributed by atoms with Gasteiger partial charge in [-0.05, 0) is 61.7 Å². The molecule has 0 radical (unpaired) electrons. The predicted octanol–water partition coefficient (Wildman–Crippen LogP) is 2.72. The lowest BCUT2D eigenvalue weighted by Gasteiger charge is -2.29. The minimum atomic E-state index is -3.85. The van der Waals surface area contributed by atoms with Crippen LogP contribution in [0.15, 0.2) is 53.4 Å². The number of ether oxygens (including phenoxy) is 1. The first-order valence-corrected chi connectivity index (χ1v) is 14.4. The van der Waals surface area contributed by atoms with Gasteiger partial charge in [0.1, 0.15) is 5.50 Å². The van der Waals surface area contributed by atoms with Gasteiger partial charge in [0.15, 0.2) is 15.1 Å². The van der Waals surface area contributed by atoms with Crippen LogP contribution in [0.1, 0.15) is 42.6 Å². The van der Waals surface area contributed by atoms with Crippen molar-refractivity contribution in [2.45, 2.75) is 48.8 Å². The van der Waals surface area contributed by atoms with Gasteiger partial charge in [0.05, 0.1) is 22.8 Å². The number of aryl methyl sites for hydroxylation is 1. The molecule has 11 heteroatoms. The number of carbonyl (C=O) groups is 3. The number of amides is 2. The van der Waals surface area contributed by atoms with Crippen molar-refractivity contribution >= 4 is 45.1 Å². The number of sulfone groups is 1. The van der Waals surface area contributed by atoms with E-state index in [-0.39, 0.29) is 29.7 Å². The van der Waals surface area contributed by atoms with Crippen LogP contribution in [0.3, 0.4) is 0 Å². The minimum Gasteiger partial charge on any atom is -0.462 e. The maximum Gasteiger partial charge on any atom is 0.338 e. The van der Waals surface area contributed by atoms with E-state index >= 15 is 0 Å². The van der Waals surface area contributed by atoms with Crippen molar-refractivity contribution in [1.82, 2.24) is 10.6 Å². The first-order chi connectivity index (χ1) is 17.2. The number of rotatable bonds is 11. The normalized spacial score (nSPS) is 17.8. The zero-order chi connectivity index (χ0) is 26.1. The van der Waals surface area contributed by atoms with Crippen LogP contribution in [-0.4, -0.2) is 55.9 Å². The van der Waals surface area contributed by atoms with E-state index in [1.165, 1.54) is 0 Å². The summed E-state index contributed by atoms with van der Waals surface area (Å²) in [5, 5.41) is 7.09. The molecule has 3 rings (SSSR count). The van der Waals surface area contributed by atoms with Crippen LogP contribution >= 0.6 is 11.8 Å². The fourth-order valence-electron chi connectivity index (χ4n) is 3.58. The molecule has 1 aliphatic rings. The monoisotopic (exact) mass is 533 g/mol. The molecule has 1 saturated heterocycles. The second-order valence-electron chi connectivity index (χ2n) is 8.24. The van der Waals surface area contributed by atoms with Crippen molar-refractivity contribution in [2.75, 3.05) is 24.2 Å². The zero-order valence-corrected chi connectivity index (χ0v) is 21.9. The summed E-state index contributed by atoms with van der Waals surface area (Å²) >= 11 is 1.14. The first kappa shape index (κ1) is 27.7. The summed E-state index contributed by atoms with van der Waals surface area (Å²) in [4.78, 5) is 36.7. The van der Waals surface area contributed by atoms with Crippen molar-refractivity contribution in [3.8, 4) is 0 Å². The van der Waals surface area contributed by atoms with E-state index in [2.05, 4.69) is 22.9 Å². The highest BCUT2D eigenvalue weighted by molar-refractivity contribution is 8.00. The van der Waals surface area contributed by atoms with Crippen molar-refractivity contribution < 1.29 is 27.5 Å². The second-order valence-corrected chi connectivity index (χ2v) is 11.5. The van der Waals surface area contributed by atoms with Gasteiger partial charge in [0.2, 0.25) is 11.8 Å². The van der Waals surface area contributed by atoms with Crippen LogP contribution in [0.4, 0.5) is 5.69 Å². The standard InChI is InChI=1S/C25H31N3O6S2/c1-3-5-6-17-7-13-20(14-8-17)36(32,33)21-15-26-25(28-23(21)30)35-16-22(29)27-19-11-9-18(10-12-19)24(31)34-4-2/h7-14,21,25-26H,3-6,15-16H2,1-2H3,(H,27,29)(H,28,30). The molecule has 36 heavy (non-hydrogen) atoms. The average molecular weight is 534 g/mol. The molecule has 2 atom stereocenters. The number of thioether (sulfide) groups is 1. The van der Waals surface area contributed by atoms with Crippen LogP contribution in [0.2, 0.25) is 0 Å². The number of hydrogen-bond donors (Lipinski definition) is 3. The molecule has 2 aromatic rings. The summed E-state index contributed by atoms with van der Waals surface area (Å²) in [6, 6.07) is 13.0. The Morgan fingerprint density at radius 2 is 1.78 bits per heavy atom. The van der Waals surface area contributed by atoms with Crippen molar-refractivity contribution in [3.63, 3.8) is 0 Å². The average Bonchev–Trinajstić information content (AvgIpc) is 2.87. The van der Waals surface area contributed by atoms with Gasteiger partial charge in [-0.1, -0.05) is 25.5 Å². The van der Waals surface area contributed by atoms with E-state index in [1.54, 1.807) is 55.5 Å². The Bertz CT molecular complexity index is 1170. The Labute approximate surface area is 215 Å². The van der Waals surface area contributed by atoms with E-state index in [1.807, 2.05) is 0 Å². The molecule has 0 saturated carbocycles. The third-order valence-electron chi connectivity index (χ3n) is 5.56. The van der Waals surface area contributed by atoms with Gasteiger partial charge >= 0.3 is 5.97 Å². The van der Waals surface area contributed by atoms with E-state index in [4.69, 9.17) is 4.74 Å². The number of hydrogen-bond acceptors (Lipinski definition) is 8. The Morgan fingerprint density at radius 1 is 1.08 bits per heavy atom. The number of nitrogens with one attached hydrogen (secondary N) is 3. The van der Waals surface area contributed by atoms with Gasteiger partial charge in [0, 0.05) is 12.2 Å². The maximum absolute atomic E-state index is 13.0. The number of carbonyl (C=O) groups excluding carboxylic acids is 3. The fourth-order valence-corrected chi connectivity index (χ4v) is 5.90. The number of esters is 1. The highest BCUT2D eigenvalue weighted by atomic mass is 32.2. The topological polar surface area (TPSA) is 131 Å². The lowest BCUT2D eigenvalue weighted by molar-refractivity contribution is -0.122. The highest BCUT2D eigenvalue weighted by Crippen LogP contribution is 2.21. The molecule has 9 nitrogen and oxygen atoms in total. The van der Waals surface area contributed by atoms with E-state index in [0.29, 0.717) is 11.3 Å². The summed E-state index contributed by atoms with van der Waals surface area (Å²) in [6.45, 7) is 4.04. The van der Waals surface area contributed by atoms with Gasteiger partial charge in [-0.25, -0.2) is 13.2 Å². The SMILES string of the molecule is CCCCc1ccc(S(=O)(=O)C2CNC(SCC(=O)Nc3ccc(C(=O)OCC)cc3)NC2=O)cc1. The van der Waals surface area contributed by atoms with Gasteiger partial charge in [-0.15, -0.1) is 11.8 Å². The number of benzene rings is 2. The smallest absolute Gasteiger partial charge is 0.338 e. The van der Waals surface area contributed by atoms with E-state index < -0.39 is 32.5 Å². The Balaban J connectivity index is 1.49. The summed E-state index contributed by atoms with van der Waals surface area (Å²) in [6.07, 6.45) is 2.96. The molecule has 0 bridgehead atoms. The summed E-state index contributed by atoms with van der Waals surface area (Å²) < 4.78 is 30.9. The molecule has 0 aromatic heterocycles. The quantitative estimate of drug-likeness (QED) is 0.376. The van der Waals surface area contributed by atoms with Gasteiger partial charge in [0.25, 0.3) is 0 Å². The molecule has 194 valence electrons. The molecule has 2 amide bonds. The van der Waals surface area contributed by atoms with Gasteiger partial charge < -0.3 is 15.4 Å². The minimum absolute atomic E-state index is 0.0220. The zero-order valence-electron chi connectivity index (χ0n) is 20.3. The fraction of sp³-hybridized carbons (Fsp3) is 0.400. The Kier molecular flexibility index (Phi) is 9.91. The molecular formula is C25H31N3O6S2. The van der Waals surface area contributed by atoms with E-state index in [0.717, 1.165) is 36.6 Å². The second kappa shape index (κ2) is 12.9. The van der Waals surface area contributed by atoms with Crippen molar-refractivity contribution in [1.29, 1.82) is 0 Å². The van der Waals surface area contributed by atoms with E-state index in [9.17, 15) is 22.8 Å². The molecule has 2 aromatic carbocycles. The highest BCUT2D eigenvalue weighted by Gasteiger charge is 2.38. The molecule has 1 heterocycles. The molecular weight excluding hydrogens is 502 g/mol. The Morgan fingerprint density at radius 3 is 2.39 bits per heavy atom. The predicted molar refractivity (Wildman–Crippen MR) is 139 cm³/mol. The van der Waals surface area contributed by atoms with Gasteiger partial charge in [-0.3, -0.25) is 14.9 Å². The summed E-state index contributed by atoms with van der Waals surface area (Å²) in [7, 11) is -3.85. The van der Waals surface area contributed by atoms with Crippen LogP contribution < -0.4 is 16.0 Å². The lowest BCUT2D eigenvalue weighted by Crippen LogP contribution is -2.59. The molecule has 2 unspecified atom stereocenters. The van der Waals surface area contributed by atoms with Crippen LogP contribution in [0.25, 0.3) is 0 Å². The third kappa shape index (κ3) is 7.31. The summed E-state index contributed by atoms with van der Waals surface area (Å²) in [5.41, 5.74) is 1.36. The largest absolute Gasteiger partial charge is 0.462 e. The first-order valence-electron chi connectivity index (χ1n) is 11.8.